The molecule has 2 fully saturated rings. The molecule has 0 amide bonds. The van der Waals surface area contributed by atoms with Crippen molar-refractivity contribution >= 4 is 10.0 Å². The largest absolute Gasteiger partial charge is 0.326 e. The molecule has 0 heterocycles. The number of sulfonamides is 1. The van der Waals surface area contributed by atoms with Gasteiger partial charge in [0.15, 0.2) is 0 Å². The first kappa shape index (κ1) is 13.3. The molecule has 2 atom stereocenters. The highest BCUT2D eigenvalue weighted by Gasteiger charge is 2.38. The van der Waals surface area contributed by atoms with Crippen LogP contribution in [0.2, 0.25) is 0 Å². The second-order valence-electron chi connectivity index (χ2n) is 5.48. The van der Waals surface area contributed by atoms with Gasteiger partial charge in [0.05, 0.1) is 5.25 Å². The average Bonchev–Trinajstić information content (AvgIpc) is 2.83. The lowest BCUT2D eigenvalue weighted by molar-refractivity contribution is 0.250. The zero-order valence-corrected chi connectivity index (χ0v) is 11.5. The maximum Gasteiger partial charge on any atom is 0.217 e. The Bertz CT molecular complexity index is 350. The molecule has 2 unspecified atom stereocenters. The molecule has 0 bridgehead atoms. The lowest BCUT2D eigenvalue weighted by atomic mass is 9.91. The van der Waals surface area contributed by atoms with Crippen molar-refractivity contribution in [3.05, 3.63) is 0 Å². The standard InChI is InChI=1S/C12H24N2O2S/c1-14(12-9-5-4-8-11(12)13)17(15,16)10-6-2-3-7-10/h10-12H,2-9,13H2,1H3. The number of hydrogen-bond acceptors (Lipinski definition) is 3. The van der Waals surface area contributed by atoms with Crippen molar-refractivity contribution in [1.29, 1.82) is 0 Å². The van der Waals surface area contributed by atoms with Gasteiger partial charge in [-0.3, -0.25) is 0 Å². The van der Waals surface area contributed by atoms with Crippen LogP contribution in [0.5, 0.6) is 0 Å². The van der Waals surface area contributed by atoms with Crippen molar-refractivity contribution in [2.24, 2.45) is 5.73 Å². The molecule has 0 aliphatic heterocycles. The van der Waals surface area contributed by atoms with Crippen LogP contribution in [0.3, 0.4) is 0 Å². The fraction of sp³-hybridized carbons (Fsp3) is 1.00. The van der Waals surface area contributed by atoms with Crippen LogP contribution in [0.1, 0.15) is 51.4 Å². The maximum absolute atomic E-state index is 12.4. The van der Waals surface area contributed by atoms with Gasteiger partial charge in [-0.15, -0.1) is 0 Å². The lowest BCUT2D eigenvalue weighted by Gasteiger charge is -2.36. The normalized spacial score (nSPS) is 32.2. The summed E-state index contributed by atoms with van der Waals surface area (Å²) in [6.45, 7) is 0. The molecule has 17 heavy (non-hydrogen) atoms. The molecule has 0 aromatic carbocycles. The Morgan fingerprint density at radius 2 is 1.53 bits per heavy atom. The van der Waals surface area contributed by atoms with Crippen LogP contribution in [-0.4, -0.2) is 37.1 Å². The number of hydrogen-bond donors (Lipinski definition) is 1. The zero-order valence-electron chi connectivity index (χ0n) is 10.6. The topological polar surface area (TPSA) is 63.4 Å². The van der Waals surface area contributed by atoms with Gasteiger partial charge in [0, 0.05) is 19.1 Å². The predicted molar refractivity (Wildman–Crippen MR) is 69.2 cm³/mol. The summed E-state index contributed by atoms with van der Waals surface area (Å²) >= 11 is 0. The van der Waals surface area contributed by atoms with E-state index in [4.69, 9.17) is 5.73 Å². The van der Waals surface area contributed by atoms with Crippen LogP contribution in [0.25, 0.3) is 0 Å². The van der Waals surface area contributed by atoms with Crippen molar-refractivity contribution in [2.75, 3.05) is 7.05 Å². The Kier molecular flexibility index (Phi) is 4.10. The van der Waals surface area contributed by atoms with Gasteiger partial charge in [0.2, 0.25) is 10.0 Å². The van der Waals surface area contributed by atoms with E-state index in [2.05, 4.69) is 0 Å². The molecule has 100 valence electrons. The summed E-state index contributed by atoms with van der Waals surface area (Å²) in [5.41, 5.74) is 6.07. The van der Waals surface area contributed by atoms with Crippen LogP contribution < -0.4 is 5.73 Å². The lowest BCUT2D eigenvalue weighted by Crippen LogP contribution is -2.52. The molecule has 2 N–H and O–H groups in total. The Balaban J connectivity index is 2.09. The predicted octanol–water partition coefficient (Wildman–Crippen LogP) is 1.46. The van der Waals surface area contributed by atoms with Crippen LogP contribution in [0.4, 0.5) is 0 Å². The minimum atomic E-state index is -3.12. The van der Waals surface area contributed by atoms with E-state index in [0.717, 1.165) is 51.4 Å². The number of nitrogens with zero attached hydrogens (tertiary/aromatic N) is 1. The molecule has 2 aliphatic rings. The minimum Gasteiger partial charge on any atom is -0.326 e. The van der Waals surface area contributed by atoms with Crippen molar-refractivity contribution in [3.63, 3.8) is 0 Å². The molecule has 2 saturated carbocycles. The first-order valence-electron chi connectivity index (χ1n) is 6.76. The van der Waals surface area contributed by atoms with Gasteiger partial charge in [-0.2, -0.15) is 0 Å². The van der Waals surface area contributed by atoms with Crippen LogP contribution in [0.15, 0.2) is 0 Å². The van der Waals surface area contributed by atoms with Gasteiger partial charge in [-0.05, 0) is 25.7 Å². The fourth-order valence-electron chi connectivity index (χ4n) is 3.20. The summed E-state index contributed by atoms with van der Waals surface area (Å²) in [4.78, 5) is 0. The van der Waals surface area contributed by atoms with E-state index < -0.39 is 10.0 Å². The molecule has 4 nitrogen and oxygen atoms in total. The average molecular weight is 260 g/mol. The number of nitrogens with two attached hydrogens (primary N) is 1. The van der Waals surface area contributed by atoms with Crippen molar-refractivity contribution < 1.29 is 8.42 Å². The number of rotatable bonds is 3. The molecular formula is C12H24N2O2S. The van der Waals surface area contributed by atoms with E-state index in [-0.39, 0.29) is 17.3 Å². The third kappa shape index (κ3) is 2.66. The van der Waals surface area contributed by atoms with Crippen LogP contribution >= 0.6 is 0 Å². The highest BCUT2D eigenvalue weighted by Crippen LogP contribution is 2.30. The Morgan fingerprint density at radius 1 is 1.00 bits per heavy atom. The quantitative estimate of drug-likeness (QED) is 0.835. The molecule has 0 saturated heterocycles. The first-order chi connectivity index (χ1) is 8.03. The Morgan fingerprint density at radius 3 is 2.12 bits per heavy atom. The van der Waals surface area contributed by atoms with E-state index in [0.29, 0.717) is 0 Å². The van der Waals surface area contributed by atoms with Gasteiger partial charge < -0.3 is 5.73 Å². The van der Waals surface area contributed by atoms with Gasteiger partial charge >= 0.3 is 0 Å². The molecule has 0 aromatic heterocycles. The molecule has 5 heteroatoms. The van der Waals surface area contributed by atoms with Crippen molar-refractivity contribution in [1.82, 2.24) is 4.31 Å². The molecule has 0 aromatic rings. The maximum atomic E-state index is 12.4. The van der Waals surface area contributed by atoms with Crippen LogP contribution in [-0.2, 0) is 10.0 Å². The fourth-order valence-corrected chi connectivity index (χ4v) is 5.24. The first-order valence-corrected chi connectivity index (χ1v) is 8.26. The van der Waals surface area contributed by atoms with E-state index in [1.807, 2.05) is 0 Å². The minimum absolute atomic E-state index is 0.0185. The molecule has 2 aliphatic carbocycles. The SMILES string of the molecule is CN(C1CCCCC1N)S(=O)(=O)C1CCCC1. The summed E-state index contributed by atoms with van der Waals surface area (Å²) in [5, 5.41) is -0.151. The van der Waals surface area contributed by atoms with Crippen molar-refractivity contribution in [3.8, 4) is 0 Å². The smallest absolute Gasteiger partial charge is 0.217 e. The van der Waals surface area contributed by atoms with E-state index in [1.54, 1.807) is 11.4 Å². The summed E-state index contributed by atoms with van der Waals surface area (Å²) < 4.78 is 26.5. The molecule has 0 spiro atoms. The highest BCUT2D eigenvalue weighted by molar-refractivity contribution is 7.89. The molecular weight excluding hydrogens is 236 g/mol. The molecule has 0 radical (unpaired) electrons. The molecule has 2 rings (SSSR count). The van der Waals surface area contributed by atoms with Gasteiger partial charge in [0.1, 0.15) is 0 Å². The van der Waals surface area contributed by atoms with Gasteiger partial charge in [0.25, 0.3) is 0 Å². The zero-order chi connectivity index (χ0) is 12.5. The second kappa shape index (κ2) is 5.24. The third-order valence-electron chi connectivity index (χ3n) is 4.37. The van der Waals surface area contributed by atoms with Crippen molar-refractivity contribution in [2.45, 2.75) is 68.7 Å². The van der Waals surface area contributed by atoms with E-state index >= 15 is 0 Å². The highest BCUT2D eigenvalue weighted by atomic mass is 32.2. The van der Waals surface area contributed by atoms with Gasteiger partial charge in [-0.25, -0.2) is 12.7 Å². The van der Waals surface area contributed by atoms with E-state index in [1.165, 1.54) is 0 Å². The second-order valence-corrected chi connectivity index (χ2v) is 7.76. The summed E-state index contributed by atoms with van der Waals surface area (Å²) in [7, 11) is -1.39. The van der Waals surface area contributed by atoms with Crippen LogP contribution in [0, 0.1) is 0 Å². The summed E-state index contributed by atoms with van der Waals surface area (Å²) in [5.74, 6) is 0. The summed E-state index contributed by atoms with van der Waals surface area (Å²) in [6, 6.07) is 0.0410. The Labute approximate surface area is 105 Å². The summed E-state index contributed by atoms with van der Waals surface area (Å²) in [6.07, 6.45) is 7.86. The van der Waals surface area contributed by atoms with E-state index in [9.17, 15) is 8.42 Å². The van der Waals surface area contributed by atoms with Gasteiger partial charge in [-0.1, -0.05) is 25.7 Å². The number of likely N-dealkylation sites (N-methyl/N-ethyl adjacent to an activating group) is 1. The third-order valence-corrected chi connectivity index (χ3v) is 6.76. The monoisotopic (exact) mass is 260 g/mol. The Hall–Kier alpha value is -0.130.